The number of aromatic nitrogens is 1. The van der Waals surface area contributed by atoms with E-state index in [0.717, 1.165) is 12.2 Å². The van der Waals surface area contributed by atoms with Crippen LogP contribution in [0, 0.1) is 0 Å². The Morgan fingerprint density at radius 1 is 1.45 bits per heavy atom. The van der Waals surface area contributed by atoms with Gasteiger partial charge >= 0.3 is 0 Å². The highest BCUT2D eigenvalue weighted by atomic mass is 16.5. The van der Waals surface area contributed by atoms with Crippen molar-refractivity contribution in [3.63, 3.8) is 0 Å². The molecule has 0 spiro atoms. The van der Waals surface area contributed by atoms with Crippen LogP contribution >= 0.6 is 0 Å². The van der Waals surface area contributed by atoms with Crippen molar-refractivity contribution in [3.8, 4) is 0 Å². The molecule has 1 aliphatic rings. The Balaban J connectivity index is 2.03. The molecule has 1 aromatic heterocycles. The zero-order valence-corrected chi connectivity index (χ0v) is 13.8. The van der Waals surface area contributed by atoms with Gasteiger partial charge in [0.25, 0.3) is 5.91 Å². The van der Waals surface area contributed by atoms with Gasteiger partial charge in [-0.25, -0.2) is 4.98 Å². The summed E-state index contributed by atoms with van der Waals surface area (Å²) in [5.74, 6) is 0.601. The number of nitrogens with one attached hydrogen (secondary N) is 2. The molecule has 1 amide bonds. The minimum absolute atomic E-state index is 0.147. The molecule has 1 aromatic rings. The molecule has 1 unspecified atom stereocenters. The summed E-state index contributed by atoms with van der Waals surface area (Å²) < 4.78 is 6.06. The maximum atomic E-state index is 11.8. The number of pyridine rings is 1. The highest BCUT2D eigenvalue weighted by Crippen LogP contribution is 2.38. The second-order valence-corrected chi connectivity index (χ2v) is 6.80. The predicted molar refractivity (Wildman–Crippen MR) is 88.0 cm³/mol. The minimum Gasteiger partial charge on any atom is -0.367 e. The molecule has 5 heteroatoms. The second-order valence-electron chi connectivity index (χ2n) is 6.80. The van der Waals surface area contributed by atoms with E-state index in [0.29, 0.717) is 12.1 Å². The summed E-state index contributed by atoms with van der Waals surface area (Å²) in [6.07, 6.45) is 4.13. The van der Waals surface area contributed by atoms with Crippen LogP contribution in [-0.2, 0) is 4.74 Å². The number of rotatable bonds is 5. The molecule has 1 aliphatic heterocycles. The van der Waals surface area contributed by atoms with Gasteiger partial charge in [0, 0.05) is 12.7 Å². The van der Waals surface area contributed by atoms with E-state index in [9.17, 15) is 4.79 Å². The van der Waals surface area contributed by atoms with Gasteiger partial charge in [-0.15, -0.1) is 6.58 Å². The molecular formula is C17H25N3O2. The SMILES string of the molecule is C=CCNC(=O)c1ccc(NC2CC(C)(C)OC2(C)C)nc1. The molecule has 0 bridgehead atoms. The van der Waals surface area contributed by atoms with Crippen LogP contribution in [0.3, 0.4) is 0 Å². The van der Waals surface area contributed by atoms with Crippen LogP contribution < -0.4 is 10.6 Å². The predicted octanol–water partition coefficient (Wildman–Crippen LogP) is 2.76. The number of anilines is 1. The highest BCUT2D eigenvalue weighted by Gasteiger charge is 2.45. The summed E-state index contributed by atoms with van der Waals surface area (Å²) >= 11 is 0. The zero-order valence-electron chi connectivity index (χ0n) is 13.8. The van der Waals surface area contributed by atoms with E-state index >= 15 is 0 Å². The van der Waals surface area contributed by atoms with E-state index in [1.807, 2.05) is 6.07 Å². The van der Waals surface area contributed by atoms with Gasteiger partial charge in [0.15, 0.2) is 0 Å². The quantitative estimate of drug-likeness (QED) is 0.821. The Labute approximate surface area is 132 Å². The summed E-state index contributed by atoms with van der Waals surface area (Å²) in [5, 5.41) is 6.14. The van der Waals surface area contributed by atoms with Crippen LogP contribution in [0.25, 0.3) is 0 Å². The maximum Gasteiger partial charge on any atom is 0.253 e. The van der Waals surface area contributed by atoms with E-state index < -0.39 is 0 Å². The van der Waals surface area contributed by atoms with Crippen molar-refractivity contribution >= 4 is 11.7 Å². The number of ether oxygens (including phenoxy) is 1. The first-order valence-electron chi connectivity index (χ1n) is 7.55. The molecule has 5 nitrogen and oxygen atoms in total. The molecule has 2 heterocycles. The molecule has 22 heavy (non-hydrogen) atoms. The van der Waals surface area contributed by atoms with Gasteiger partial charge < -0.3 is 15.4 Å². The van der Waals surface area contributed by atoms with Gasteiger partial charge in [-0.2, -0.15) is 0 Å². The van der Waals surface area contributed by atoms with Crippen LogP contribution in [0.2, 0.25) is 0 Å². The molecule has 120 valence electrons. The summed E-state index contributed by atoms with van der Waals surface area (Å²) in [7, 11) is 0. The summed E-state index contributed by atoms with van der Waals surface area (Å²) in [5.41, 5.74) is 0.131. The molecule has 0 saturated carbocycles. The molecule has 0 radical (unpaired) electrons. The average molecular weight is 303 g/mol. The van der Waals surface area contributed by atoms with Crippen molar-refractivity contribution in [3.05, 3.63) is 36.5 Å². The van der Waals surface area contributed by atoms with Crippen LogP contribution in [0.1, 0.15) is 44.5 Å². The standard InChI is InChI=1S/C17H25N3O2/c1-6-9-18-15(21)12-7-8-14(19-11-12)20-13-10-16(2,3)22-17(13,4)5/h6-8,11,13H,1,9-10H2,2-5H3,(H,18,21)(H,19,20). The van der Waals surface area contributed by atoms with E-state index in [2.05, 4.69) is 49.9 Å². The van der Waals surface area contributed by atoms with Gasteiger partial charge in [-0.05, 0) is 46.2 Å². The lowest BCUT2D eigenvalue weighted by Crippen LogP contribution is -2.38. The zero-order chi connectivity index (χ0) is 16.4. The van der Waals surface area contributed by atoms with Crippen LogP contribution in [-0.4, -0.2) is 34.7 Å². The number of carbonyl (C=O) groups excluding carboxylic acids is 1. The van der Waals surface area contributed by atoms with Gasteiger partial charge in [0.2, 0.25) is 0 Å². The summed E-state index contributed by atoms with van der Waals surface area (Å²) in [6, 6.07) is 3.77. The fourth-order valence-corrected chi connectivity index (χ4v) is 2.85. The first-order chi connectivity index (χ1) is 10.2. The molecule has 2 N–H and O–H groups in total. The lowest BCUT2D eigenvalue weighted by molar-refractivity contribution is -0.0662. The van der Waals surface area contributed by atoms with Crippen molar-refractivity contribution in [2.45, 2.75) is 51.4 Å². The number of hydrogen-bond donors (Lipinski definition) is 2. The smallest absolute Gasteiger partial charge is 0.253 e. The molecule has 0 aromatic carbocycles. The lowest BCUT2D eigenvalue weighted by atomic mass is 9.94. The molecule has 0 aliphatic carbocycles. The molecule has 1 atom stereocenters. The maximum absolute atomic E-state index is 11.8. The second kappa shape index (κ2) is 6.08. The van der Waals surface area contributed by atoms with Crippen molar-refractivity contribution < 1.29 is 9.53 Å². The monoisotopic (exact) mass is 303 g/mol. The molecule has 1 fully saturated rings. The van der Waals surface area contributed by atoms with Crippen molar-refractivity contribution in [1.82, 2.24) is 10.3 Å². The Morgan fingerprint density at radius 2 is 2.18 bits per heavy atom. The molecular weight excluding hydrogens is 278 g/mol. The van der Waals surface area contributed by atoms with E-state index in [1.165, 1.54) is 0 Å². The summed E-state index contributed by atoms with van der Waals surface area (Å²) in [4.78, 5) is 16.1. The van der Waals surface area contributed by atoms with Gasteiger partial charge in [-0.3, -0.25) is 4.79 Å². The lowest BCUT2D eigenvalue weighted by Gasteiger charge is -2.28. The Hall–Kier alpha value is -1.88. The topological polar surface area (TPSA) is 63.2 Å². The van der Waals surface area contributed by atoms with Crippen LogP contribution in [0.5, 0.6) is 0 Å². The van der Waals surface area contributed by atoms with Crippen LogP contribution in [0.15, 0.2) is 31.0 Å². The first kappa shape index (κ1) is 16.5. The van der Waals surface area contributed by atoms with Gasteiger partial charge in [0.1, 0.15) is 5.82 Å². The number of amides is 1. The number of hydrogen-bond acceptors (Lipinski definition) is 4. The van der Waals surface area contributed by atoms with Crippen molar-refractivity contribution in [1.29, 1.82) is 0 Å². The highest BCUT2D eigenvalue weighted by molar-refractivity contribution is 5.94. The Kier molecular flexibility index (Phi) is 4.56. The van der Waals surface area contributed by atoms with E-state index in [1.54, 1.807) is 18.3 Å². The van der Waals surface area contributed by atoms with E-state index in [4.69, 9.17) is 4.74 Å². The van der Waals surface area contributed by atoms with Crippen molar-refractivity contribution in [2.75, 3.05) is 11.9 Å². The van der Waals surface area contributed by atoms with Crippen LogP contribution in [0.4, 0.5) is 5.82 Å². The molecule has 2 rings (SSSR count). The number of nitrogens with zero attached hydrogens (tertiary/aromatic N) is 1. The van der Waals surface area contributed by atoms with Crippen molar-refractivity contribution in [2.24, 2.45) is 0 Å². The number of carbonyl (C=O) groups is 1. The largest absolute Gasteiger partial charge is 0.367 e. The average Bonchev–Trinajstić information content (AvgIpc) is 2.64. The third kappa shape index (κ3) is 3.85. The Morgan fingerprint density at radius 3 is 2.68 bits per heavy atom. The third-order valence-corrected chi connectivity index (χ3v) is 3.83. The first-order valence-corrected chi connectivity index (χ1v) is 7.55. The summed E-state index contributed by atoms with van der Waals surface area (Å²) in [6.45, 7) is 12.4. The fourth-order valence-electron chi connectivity index (χ4n) is 2.85. The Bertz CT molecular complexity index is 550. The van der Waals surface area contributed by atoms with Gasteiger partial charge in [-0.1, -0.05) is 6.08 Å². The van der Waals surface area contributed by atoms with E-state index in [-0.39, 0.29) is 23.2 Å². The normalized spacial score (nSPS) is 22.1. The fraction of sp³-hybridized carbons (Fsp3) is 0.529. The molecule has 1 saturated heterocycles. The third-order valence-electron chi connectivity index (χ3n) is 3.83. The minimum atomic E-state index is -0.259. The van der Waals surface area contributed by atoms with Gasteiger partial charge in [0.05, 0.1) is 22.8 Å².